The summed E-state index contributed by atoms with van der Waals surface area (Å²) in [5, 5.41) is 0. The molecule has 0 aliphatic heterocycles. The second-order valence-electron chi connectivity index (χ2n) is 6.90. The van der Waals surface area contributed by atoms with Gasteiger partial charge in [-0.3, -0.25) is 14.4 Å². The van der Waals surface area contributed by atoms with E-state index in [9.17, 15) is 19.2 Å². The summed E-state index contributed by atoms with van der Waals surface area (Å²) in [6.45, 7) is 13.4. The topological polar surface area (TPSA) is 96.0 Å². The summed E-state index contributed by atoms with van der Waals surface area (Å²) in [6.07, 6.45) is 3.12. The molecule has 0 aromatic heterocycles. The Morgan fingerprint density at radius 1 is 0.595 bits per heavy atom. The lowest BCUT2D eigenvalue weighted by atomic mass is 10.1. The molecule has 0 radical (unpaired) electrons. The number of ketones is 1. The van der Waals surface area contributed by atoms with E-state index in [4.69, 9.17) is 9.47 Å². The second kappa shape index (κ2) is 23.0. The highest BCUT2D eigenvalue weighted by Crippen LogP contribution is 2.21. The van der Waals surface area contributed by atoms with Gasteiger partial charge >= 0.3 is 17.9 Å². The molecule has 0 saturated heterocycles. The largest absolute Gasteiger partial charge is 0.465 e. The molecular weight excluding hydrogens is 472 g/mol. The van der Waals surface area contributed by atoms with Gasteiger partial charge in [-0.05, 0) is 44.0 Å². The van der Waals surface area contributed by atoms with Crippen LogP contribution in [0.25, 0.3) is 0 Å². The number of ether oxygens (including phenoxy) is 3. The van der Waals surface area contributed by atoms with E-state index in [1.165, 1.54) is 20.1 Å². The van der Waals surface area contributed by atoms with Crippen molar-refractivity contribution in [2.24, 2.45) is 0 Å². The summed E-state index contributed by atoms with van der Waals surface area (Å²) in [6, 6.07) is 13.0. The van der Waals surface area contributed by atoms with Crippen LogP contribution in [0, 0.1) is 0 Å². The predicted molar refractivity (Wildman–Crippen MR) is 147 cm³/mol. The number of hydrogen-bond donors (Lipinski definition) is 0. The maximum atomic E-state index is 12.0. The van der Waals surface area contributed by atoms with Crippen molar-refractivity contribution in [1.29, 1.82) is 0 Å². The fourth-order valence-corrected chi connectivity index (χ4v) is 2.92. The molecule has 0 unspecified atom stereocenters. The van der Waals surface area contributed by atoms with Gasteiger partial charge in [0.15, 0.2) is 5.78 Å². The van der Waals surface area contributed by atoms with E-state index in [-0.39, 0.29) is 35.7 Å². The summed E-state index contributed by atoms with van der Waals surface area (Å²) in [7, 11) is 1.26. The van der Waals surface area contributed by atoms with Crippen molar-refractivity contribution in [3.8, 4) is 11.5 Å². The standard InChI is InChI=1S/C24H26O7.3C2H6/c1-17(25)18-11-7-9-13-20(18)30-22(26)15-5-3-4-6-16-23(27)31-21-14-10-8-12-19(21)24(28)29-2;3*1-2/h7-14H,3-6,15-16H2,1-2H3;3*1-2H3. The van der Waals surface area contributed by atoms with Gasteiger partial charge in [-0.1, -0.05) is 78.6 Å². The van der Waals surface area contributed by atoms with Gasteiger partial charge in [-0.2, -0.15) is 0 Å². The molecule has 0 bridgehead atoms. The molecule has 37 heavy (non-hydrogen) atoms. The number of carbonyl (C=O) groups is 4. The van der Waals surface area contributed by atoms with E-state index in [0.29, 0.717) is 18.4 Å². The lowest BCUT2D eigenvalue weighted by molar-refractivity contribution is -0.135. The first-order valence-electron chi connectivity index (χ1n) is 13.1. The molecule has 206 valence electrons. The van der Waals surface area contributed by atoms with E-state index in [1.54, 1.807) is 42.5 Å². The molecule has 0 aliphatic rings. The molecule has 7 heteroatoms. The molecule has 0 atom stereocenters. The average Bonchev–Trinajstić information content (AvgIpc) is 2.94. The van der Waals surface area contributed by atoms with Gasteiger partial charge in [0.05, 0.1) is 12.7 Å². The number of para-hydroxylation sites is 2. The molecule has 2 aromatic rings. The zero-order valence-corrected chi connectivity index (χ0v) is 23.7. The first-order chi connectivity index (χ1) is 17.9. The number of esters is 3. The SMILES string of the molecule is CC.CC.CC.COC(=O)c1ccccc1OC(=O)CCCCCCC(=O)Oc1ccccc1C(C)=O. The lowest BCUT2D eigenvalue weighted by Gasteiger charge is -2.09. The Balaban J connectivity index is 0. The van der Waals surface area contributed by atoms with E-state index >= 15 is 0 Å². The van der Waals surface area contributed by atoms with E-state index in [0.717, 1.165) is 12.8 Å². The molecule has 2 aromatic carbocycles. The molecule has 0 aliphatic carbocycles. The number of carbonyl (C=O) groups excluding carboxylic acids is 4. The first-order valence-corrected chi connectivity index (χ1v) is 13.1. The van der Waals surface area contributed by atoms with Crippen molar-refractivity contribution in [1.82, 2.24) is 0 Å². The second-order valence-corrected chi connectivity index (χ2v) is 6.90. The van der Waals surface area contributed by atoms with Gasteiger partial charge in [0.1, 0.15) is 17.1 Å². The number of unbranched alkanes of at least 4 members (excludes halogenated alkanes) is 3. The number of hydrogen-bond acceptors (Lipinski definition) is 7. The third-order valence-electron chi connectivity index (χ3n) is 4.52. The van der Waals surface area contributed by atoms with Gasteiger partial charge in [0.2, 0.25) is 0 Å². The first kappa shape index (κ1) is 35.7. The summed E-state index contributed by atoms with van der Waals surface area (Å²) in [5.41, 5.74) is 0.575. The molecule has 0 heterocycles. The van der Waals surface area contributed by atoms with Crippen molar-refractivity contribution in [2.45, 2.75) is 87.0 Å². The smallest absolute Gasteiger partial charge is 0.341 e. The van der Waals surface area contributed by atoms with Gasteiger partial charge in [-0.15, -0.1) is 0 Å². The van der Waals surface area contributed by atoms with Crippen LogP contribution in [-0.4, -0.2) is 30.8 Å². The molecule has 7 nitrogen and oxygen atoms in total. The minimum atomic E-state index is -0.568. The minimum Gasteiger partial charge on any atom is -0.465 e. The fourth-order valence-electron chi connectivity index (χ4n) is 2.92. The van der Waals surface area contributed by atoms with Crippen molar-refractivity contribution < 1.29 is 33.4 Å². The minimum absolute atomic E-state index is 0.163. The normalized spacial score (nSPS) is 9.08. The molecule has 0 saturated carbocycles. The van der Waals surface area contributed by atoms with E-state index in [2.05, 4.69) is 4.74 Å². The van der Waals surface area contributed by atoms with Crippen molar-refractivity contribution >= 4 is 23.7 Å². The Hall–Kier alpha value is -3.48. The lowest BCUT2D eigenvalue weighted by Crippen LogP contribution is -2.12. The Bertz CT molecular complexity index is 935. The fraction of sp³-hybridized carbons (Fsp3) is 0.467. The highest BCUT2D eigenvalue weighted by molar-refractivity contribution is 5.97. The van der Waals surface area contributed by atoms with Crippen molar-refractivity contribution in [3.63, 3.8) is 0 Å². The van der Waals surface area contributed by atoms with Gasteiger partial charge in [-0.25, -0.2) is 4.79 Å². The van der Waals surface area contributed by atoms with E-state index in [1.807, 2.05) is 41.5 Å². The maximum Gasteiger partial charge on any atom is 0.341 e. The van der Waals surface area contributed by atoms with Crippen LogP contribution in [0.2, 0.25) is 0 Å². The third-order valence-corrected chi connectivity index (χ3v) is 4.52. The molecule has 0 N–H and O–H groups in total. The van der Waals surface area contributed by atoms with Crippen LogP contribution < -0.4 is 9.47 Å². The van der Waals surface area contributed by atoms with E-state index < -0.39 is 17.9 Å². The van der Waals surface area contributed by atoms with Gasteiger partial charge in [0.25, 0.3) is 0 Å². The Morgan fingerprint density at radius 3 is 1.38 bits per heavy atom. The van der Waals surface area contributed by atoms with Gasteiger partial charge in [0, 0.05) is 12.8 Å². The zero-order chi connectivity index (χ0) is 28.6. The van der Waals surface area contributed by atoms with Crippen LogP contribution >= 0.6 is 0 Å². The zero-order valence-electron chi connectivity index (χ0n) is 23.7. The quantitative estimate of drug-likeness (QED) is 0.131. The van der Waals surface area contributed by atoms with Crippen LogP contribution in [0.3, 0.4) is 0 Å². The number of benzene rings is 2. The van der Waals surface area contributed by atoms with Crippen molar-refractivity contribution in [2.75, 3.05) is 7.11 Å². The molecule has 0 fully saturated rings. The summed E-state index contributed by atoms with van der Waals surface area (Å²) >= 11 is 0. The Morgan fingerprint density at radius 2 is 0.973 bits per heavy atom. The molecule has 2 rings (SSSR count). The van der Waals surface area contributed by atoms with Crippen LogP contribution in [0.4, 0.5) is 0 Å². The average molecular weight is 517 g/mol. The van der Waals surface area contributed by atoms with Crippen LogP contribution in [-0.2, 0) is 14.3 Å². The van der Waals surface area contributed by atoms with Gasteiger partial charge < -0.3 is 14.2 Å². The highest BCUT2D eigenvalue weighted by atomic mass is 16.5. The Labute approximate surface area is 222 Å². The third kappa shape index (κ3) is 14.6. The molecule has 0 spiro atoms. The molecule has 0 amide bonds. The predicted octanol–water partition coefficient (Wildman–Crippen LogP) is 7.61. The van der Waals surface area contributed by atoms with Crippen LogP contribution in [0.1, 0.15) is 108 Å². The summed E-state index contributed by atoms with van der Waals surface area (Å²) < 4.78 is 15.2. The summed E-state index contributed by atoms with van der Waals surface area (Å²) in [5.74, 6) is -1.11. The number of methoxy groups -OCH3 is 1. The van der Waals surface area contributed by atoms with Crippen LogP contribution in [0.5, 0.6) is 11.5 Å². The Kier molecular flexibility index (Phi) is 22.1. The summed E-state index contributed by atoms with van der Waals surface area (Å²) in [4.78, 5) is 47.3. The maximum absolute atomic E-state index is 12.0. The molecular formula is C30H44O7. The number of rotatable bonds is 11. The van der Waals surface area contributed by atoms with Crippen LogP contribution in [0.15, 0.2) is 48.5 Å². The van der Waals surface area contributed by atoms with Crippen molar-refractivity contribution in [3.05, 3.63) is 59.7 Å². The number of Topliss-reactive ketones (excluding diaryl/α,β-unsaturated/α-hetero) is 1. The monoisotopic (exact) mass is 516 g/mol. The highest BCUT2D eigenvalue weighted by Gasteiger charge is 2.15.